The van der Waals surface area contributed by atoms with Gasteiger partial charge in [0.2, 0.25) is 5.69 Å². The van der Waals surface area contributed by atoms with Gasteiger partial charge in [0.05, 0.1) is 5.41 Å². The van der Waals surface area contributed by atoms with E-state index in [1.165, 1.54) is 66.6 Å². The molecule has 4 nitrogen and oxygen atoms in total. The Hall–Kier alpha value is -3.96. The number of nitrogens with two attached hydrogens (primary N) is 2. The number of halogens is 1. The number of hydrogen-bond acceptors (Lipinski definition) is 3. The summed E-state index contributed by atoms with van der Waals surface area (Å²) in [5.74, 6) is 0. The molecule has 49 heavy (non-hydrogen) atoms. The van der Waals surface area contributed by atoms with Gasteiger partial charge in [-0.15, -0.1) is 0 Å². The summed E-state index contributed by atoms with van der Waals surface area (Å²) >= 11 is 7.30. The normalized spacial score (nSPS) is 20.1. The van der Waals surface area contributed by atoms with Crippen LogP contribution in [0.4, 0.5) is 11.4 Å². The van der Waals surface area contributed by atoms with E-state index >= 15 is 0 Å². The third kappa shape index (κ3) is 5.78. The first-order valence-corrected chi connectivity index (χ1v) is 18.4. The van der Waals surface area contributed by atoms with Crippen LogP contribution in [0.3, 0.4) is 0 Å². The molecule has 2 aliphatic heterocycles. The zero-order valence-electron chi connectivity index (χ0n) is 29.5. The van der Waals surface area contributed by atoms with Gasteiger partial charge in [0.15, 0.2) is 12.3 Å². The fourth-order valence-corrected chi connectivity index (χ4v) is 8.93. The van der Waals surface area contributed by atoms with Crippen molar-refractivity contribution in [3.8, 4) is 0 Å². The molecular weight excluding hydrogens is 620 g/mol. The number of anilines is 1. The Morgan fingerprint density at radius 1 is 0.755 bits per heavy atom. The van der Waals surface area contributed by atoms with Gasteiger partial charge in [0.25, 0.3) is 0 Å². The summed E-state index contributed by atoms with van der Waals surface area (Å²) in [6, 6.07) is 26.6. The van der Waals surface area contributed by atoms with Crippen LogP contribution in [0.15, 0.2) is 119 Å². The maximum Gasteiger partial charge on any atom is 0.210 e. The van der Waals surface area contributed by atoms with Gasteiger partial charge in [0.1, 0.15) is 0 Å². The molecule has 0 bridgehead atoms. The Labute approximate surface area is 297 Å². The zero-order chi connectivity index (χ0) is 34.3. The molecule has 0 fully saturated rings. The number of rotatable bonds is 9. The van der Waals surface area contributed by atoms with E-state index in [9.17, 15) is 0 Å². The van der Waals surface area contributed by atoms with Crippen molar-refractivity contribution in [1.29, 1.82) is 0 Å². The molecule has 3 aliphatic rings. The minimum absolute atomic E-state index is 0.160. The molecule has 2 heterocycles. The molecule has 0 radical (unpaired) electrons. The molecule has 252 valence electrons. The first-order chi connectivity index (χ1) is 23.7. The minimum atomic E-state index is -0.160. The van der Waals surface area contributed by atoms with E-state index in [0.717, 1.165) is 50.2 Å². The van der Waals surface area contributed by atoms with Crippen LogP contribution in [-0.2, 0) is 10.8 Å². The second-order valence-corrected chi connectivity index (χ2v) is 15.2. The first kappa shape index (κ1) is 33.5. The molecule has 0 aromatic heterocycles. The highest BCUT2D eigenvalue weighted by atomic mass is 35.5. The molecule has 0 unspecified atom stereocenters. The van der Waals surface area contributed by atoms with E-state index in [4.69, 9.17) is 23.1 Å². The van der Waals surface area contributed by atoms with Crippen molar-refractivity contribution in [3.05, 3.63) is 130 Å². The van der Waals surface area contributed by atoms with E-state index in [0.29, 0.717) is 13.1 Å². The lowest BCUT2D eigenvalue weighted by atomic mass is 9.78. The van der Waals surface area contributed by atoms with Gasteiger partial charge in [-0.3, -0.25) is 0 Å². The molecule has 7 rings (SSSR count). The molecule has 5 heteroatoms. The van der Waals surface area contributed by atoms with E-state index in [1.807, 2.05) is 0 Å². The van der Waals surface area contributed by atoms with E-state index in [-0.39, 0.29) is 10.8 Å². The zero-order valence-corrected chi connectivity index (χ0v) is 30.3. The number of nitrogens with zero attached hydrogens (tertiary/aromatic N) is 2. The Kier molecular flexibility index (Phi) is 9.17. The Morgan fingerprint density at radius 3 is 2.14 bits per heavy atom. The van der Waals surface area contributed by atoms with Gasteiger partial charge in [-0.05, 0) is 109 Å². The lowest BCUT2D eigenvalue weighted by Crippen LogP contribution is -2.28. The summed E-state index contributed by atoms with van der Waals surface area (Å²) in [6.45, 7) is 12.5. The molecule has 4 N–H and O–H groups in total. The van der Waals surface area contributed by atoms with Crippen LogP contribution in [0.1, 0.15) is 70.9 Å². The number of benzene rings is 4. The smallest absolute Gasteiger partial charge is 0.210 e. The van der Waals surface area contributed by atoms with Crippen LogP contribution in [0, 0.1) is 0 Å². The summed E-state index contributed by atoms with van der Waals surface area (Å²) in [6.07, 6.45) is 14.1. The van der Waals surface area contributed by atoms with Crippen molar-refractivity contribution in [2.24, 2.45) is 11.5 Å². The lowest BCUT2D eigenvalue weighted by molar-refractivity contribution is -0.437. The second-order valence-electron chi connectivity index (χ2n) is 14.9. The van der Waals surface area contributed by atoms with Crippen LogP contribution >= 0.6 is 11.6 Å². The van der Waals surface area contributed by atoms with Crippen LogP contribution in [-0.4, -0.2) is 36.5 Å². The van der Waals surface area contributed by atoms with Crippen molar-refractivity contribution < 1.29 is 4.58 Å². The summed E-state index contributed by atoms with van der Waals surface area (Å²) in [7, 11) is 0. The van der Waals surface area contributed by atoms with Crippen molar-refractivity contribution in [2.45, 2.75) is 70.6 Å². The predicted octanol–water partition coefficient (Wildman–Crippen LogP) is 9.91. The summed E-state index contributed by atoms with van der Waals surface area (Å²) in [5.41, 5.74) is 22.1. The SMILES string of the molecule is CC1(C)C(=CC=C2CCCC(C=CC3=[N+](CCCN)c4ccc5ccccc5c4C3(C)C)=C2Cl)N(CCCN)c2ccc3ccccc3c21. The fraction of sp³-hybridized carbons (Fsp3) is 0.341. The monoisotopic (exact) mass is 669 g/mol. The van der Waals surface area contributed by atoms with Gasteiger partial charge in [-0.2, -0.15) is 4.58 Å². The van der Waals surface area contributed by atoms with Crippen molar-refractivity contribution in [1.82, 2.24) is 0 Å². The highest BCUT2D eigenvalue weighted by Gasteiger charge is 2.45. The molecule has 0 spiro atoms. The van der Waals surface area contributed by atoms with Gasteiger partial charge in [-0.25, -0.2) is 0 Å². The molecular formula is C44H50ClN4+. The topological polar surface area (TPSA) is 58.3 Å². The standard InChI is InChI=1S/C44H50ClN4/c1-43(2)38(48(28-10-26-46)36-22-18-30-12-5-7-16-34(30)40(36)43)24-20-32-14-9-15-33(42(32)45)21-25-39-44(3,4)41-35-17-8-6-13-31(35)19-23-37(41)49(39)29-11-27-47/h5-8,12-13,16-25H,9-11,14-15,26-29,46-47H2,1-4H3/q+1. The summed E-state index contributed by atoms with van der Waals surface area (Å²) < 4.78 is 2.49. The maximum absolute atomic E-state index is 7.30. The van der Waals surface area contributed by atoms with E-state index in [2.05, 4.69) is 134 Å². The third-order valence-corrected chi connectivity index (χ3v) is 11.5. The molecule has 0 atom stereocenters. The van der Waals surface area contributed by atoms with Crippen LogP contribution < -0.4 is 16.4 Å². The van der Waals surface area contributed by atoms with Gasteiger partial charge < -0.3 is 16.4 Å². The molecule has 4 aromatic rings. The number of fused-ring (bicyclic) bond motifs is 6. The average molecular weight is 670 g/mol. The van der Waals surface area contributed by atoms with Gasteiger partial charge in [-0.1, -0.05) is 92.2 Å². The largest absolute Gasteiger partial charge is 0.344 e. The minimum Gasteiger partial charge on any atom is -0.344 e. The highest BCUT2D eigenvalue weighted by Crippen LogP contribution is 2.51. The van der Waals surface area contributed by atoms with E-state index < -0.39 is 0 Å². The maximum atomic E-state index is 7.30. The van der Waals surface area contributed by atoms with Crippen molar-refractivity contribution in [2.75, 3.05) is 31.1 Å². The fourth-order valence-electron chi connectivity index (χ4n) is 8.62. The number of hydrogen-bond donors (Lipinski definition) is 2. The van der Waals surface area contributed by atoms with Crippen molar-refractivity contribution in [3.63, 3.8) is 0 Å². The molecule has 1 aliphatic carbocycles. The summed E-state index contributed by atoms with van der Waals surface area (Å²) in [4.78, 5) is 2.49. The third-order valence-electron chi connectivity index (χ3n) is 11.0. The predicted molar refractivity (Wildman–Crippen MR) is 210 cm³/mol. The first-order valence-electron chi connectivity index (χ1n) is 18.0. The Morgan fingerprint density at radius 2 is 1.43 bits per heavy atom. The molecule has 0 saturated heterocycles. The second kappa shape index (κ2) is 13.4. The average Bonchev–Trinajstić information content (AvgIpc) is 3.46. The van der Waals surface area contributed by atoms with Crippen LogP contribution in [0.25, 0.3) is 21.5 Å². The molecule has 0 saturated carbocycles. The van der Waals surface area contributed by atoms with Crippen LogP contribution in [0.5, 0.6) is 0 Å². The van der Waals surface area contributed by atoms with Crippen molar-refractivity contribution >= 4 is 50.2 Å². The van der Waals surface area contributed by atoms with Gasteiger partial charge in [0, 0.05) is 52.5 Å². The number of allylic oxidation sites excluding steroid dienone is 8. The van der Waals surface area contributed by atoms with E-state index in [1.54, 1.807) is 0 Å². The lowest BCUT2D eigenvalue weighted by Gasteiger charge is -2.27. The summed E-state index contributed by atoms with van der Waals surface area (Å²) in [5, 5.41) is 6.10. The molecule has 0 amide bonds. The van der Waals surface area contributed by atoms with Gasteiger partial charge >= 0.3 is 0 Å². The van der Waals surface area contributed by atoms with Crippen LogP contribution in [0.2, 0.25) is 0 Å². The highest BCUT2D eigenvalue weighted by molar-refractivity contribution is 6.32. The quantitative estimate of drug-likeness (QED) is 0.174. The Balaban J connectivity index is 1.26. The Bertz CT molecular complexity index is 2090. The molecule has 4 aromatic carbocycles.